The Kier molecular flexibility index (Phi) is 6.54. The first-order valence-corrected chi connectivity index (χ1v) is 7.97. The molecule has 0 saturated heterocycles. The molecule has 1 unspecified atom stereocenters. The molecule has 1 N–H and O–H groups in total. The molecule has 18 heavy (non-hydrogen) atoms. The predicted octanol–water partition coefficient (Wildman–Crippen LogP) is 4.74. The maximum absolute atomic E-state index is 6.15. The molecular weight excluding hydrogens is 262 g/mol. The normalized spacial score (nSPS) is 13.6. The minimum atomic E-state index is 0.235. The number of hydrogen-bond donors (Lipinski definition) is 1. The Balaban J connectivity index is 2.34. The fraction of sp³-hybridized carbons (Fsp3) is 0.600. The lowest BCUT2D eigenvalue weighted by molar-refractivity contribution is 0.379. The van der Waals surface area contributed by atoms with Crippen molar-refractivity contribution in [2.75, 3.05) is 6.54 Å². The molecule has 0 heterocycles. The van der Waals surface area contributed by atoms with Gasteiger partial charge in [-0.1, -0.05) is 43.6 Å². The first kappa shape index (κ1) is 15.9. The van der Waals surface area contributed by atoms with Gasteiger partial charge in [0.2, 0.25) is 0 Å². The second kappa shape index (κ2) is 7.42. The van der Waals surface area contributed by atoms with Gasteiger partial charge in [0.25, 0.3) is 0 Å². The van der Waals surface area contributed by atoms with Crippen LogP contribution in [0.1, 0.15) is 39.7 Å². The predicted molar refractivity (Wildman–Crippen MR) is 84.6 cm³/mol. The van der Waals surface area contributed by atoms with Crippen LogP contribution < -0.4 is 5.32 Å². The highest BCUT2D eigenvalue weighted by atomic mass is 35.5. The third-order valence-electron chi connectivity index (χ3n) is 3.23. The van der Waals surface area contributed by atoms with Gasteiger partial charge >= 0.3 is 0 Å². The quantitative estimate of drug-likeness (QED) is 0.776. The van der Waals surface area contributed by atoms with Crippen LogP contribution in [-0.4, -0.2) is 17.3 Å². The first-order chi connectivity index (χ1) is 8.44. The number of nitrogens with one attached hydrogen (secondary N) is 1. The Bertz CT molecular complexity index is 365. The number of halogens is 1. The minimum absolute atomic E-state index is 0.235. The maximum Gasteiger partial charge on any atom is 0.0446 e. The van der Waals surface area contributed by atoms with Crippen LogP contribution in [0.25, 0.3) is 0 Å². The van der Waals surface area contributed by atoms with E-state index in [2.05, 4.69) is 39.1 Å². The van der Waals surface area contributed by atoms with Crippen LogP contribution in [0.3, 0.4) is 0 Å². The molecule has 0 fully saturated rings. The molecule has 0 bridgehead atoms. The number of rotatable bonds is 7. The maximum atomic E-state index is 6.15. The van der Waals surface area contributed by atoms with Crippen molar-refractivity contribution in [3.8, 4) is 0 Å². The molecule has 3 heteroatoms. The first-order valence-electron chi connectivity index (χ1n) is 6.54. The molecule has 102 valence electrons. The zero-order valence-electron chi connectivity index (χ0n) is 11.8. The molecule has 1 rings (SSSR count). The average molecular weight is 286 g/mol. The second-order valence-electron chi connectivity index (χ2n) is 5.33. The van der Waals surface area contributed by atoms with Crippen LogP contribution >= 0.6 is 23.4 Å². The highest BCUT2D eigenvalue weighted by Crippen LogP contribution is 2.23. The van der Waals surface area contributed by atoms with E-state index >= 15 is 0 Å². The Hall–Kier alpha value is -0.180. The second-order valence-corrected chi connectivity index (χ2v) is 7.17. The fourth-order valence-corrected chi connectivity index (χ4v) is 2.65. The van der Waals surface area contributed by atoms with Crippen molar-refractivity contribution in [3.05, 3.63) is 34.9 Å². The molecule has 0 saturated carbocycles. The summed E-state index contributed by atoms with van der Waals surface area (Å²) < 4.78 is 0. The van der Waals surface area contributed by atoms with Crippen LogP contribution in [0, 0.1) is 0 Å². The molecule has 0 aliphatic rings. The summed E-state index contributed by atoms with van der Waals surface area (Å²) >= 11 is 8.10. The van der Waals surface area contributed by atoms with Crippen molar-refractivity contribution in [1.29, 1.82) is 0 Å². The zero-order chi connectivity index (χ0) is 13.6. The van der Waals surface area contributed by atoms with Crippen LogP contribution in [0.4, 0.5) is 0 Å². The molecule has 0 spiro atoms. The van der Waals surface area contributed by atoms with E-state index in [1.807, 2.05) is 30.0 Å². The van der Waals surface area contributed by atoms with Crippen LogP contribution in [0.15, 0.2) is 24.3 Å². The van der Waals surface area contributed by atoms with Crippen molar-refractivity contribution < 1.29 is 0 Å². The van der Waals surface area contributed by atoms with Crippen LogP contribution in [0.2, 0.25) is 5.02 Å². The van der Waals surface area contributed by atoms with Gasteiger partial charge < -0.3 is 5.32 Å². The number of benzene rings is 1. The molecule has 1 nitrogen and oxygen atoms in total. The van der Waals surface area contributed by atoms with Crippen molar-refractivity contribution in [1.82, 2.24) is 5.32 Å². The molecule has 0 aliphatic carbocycles. The highest BCUT2D eigenvalue weighted by molar-refractivity contribution is 7.99. The largest absolute Gasteiger partial charge is 0.311 e. The van der Waals surface area contributed by atoms with E-state index in [0.717, 1.165) is 23.7 Å². The van der Waals surface area contributed by atoms with Crippen molar-refractivity contribution >= 4 is 23.4 Å². The third-order valence-corrected chi connectivity index (χ3v) is 4.82. The average Bonchev–Trinajstić information content (AvgIpc) is 2.35. The van der Waals surface area contributed by atoms with E-state index in [0.29, 0.717) is 5.25 Å². The summed E-state index contributed by atoms with van der Waals surface area (Å²) in [6.07, 6.45) is 1.15. The zero-order valence-corrected chi connectivity index (χ0v) is 13.4. The van der Waals surface area contributed by atoms with Crippen LogP contribution in [0.5, 0.6) is 0 Å². The van der Waals surface area contributed by atoms with E-state index in [1.165, 1.54) is 5.56 Å². The van der Waals surface area contributed by atoms with Gasteiger partial charge in [0, 0.05) is 28.1 Å². The number of thioether (sulfide) groups is 1. The van der Waals surface area contributed by atoms with E-state index < -0.39 is 0 Å². The van der Waals surface area contributed by atoms with Gasteiger partial charge in [-0.05, 0) is 31.9 Å². The Morgan fingerprint density at radius 3 is 2.61 bits per heavy atom. The monoisotopic (exact) mass is 285 g/mol. The minimum Gasteiger partial charge on any atom is -0.311 e. The lowest BCUT2D eigenvalue weighted by Gasteiger charge is -2.26. The lowest BCUT2D eigenvalue weighted by Crippen LogP contribution is -2.41. The summed E-state index contributed by atoms with van der Waals surface area (Å²) in [5, 5.41) is 5.07. The standard InChI is InChI=1S/C15H24ClNS/c1-5-15(3,4)17-10-12(2)18-11-13-8-6-7-9-14(13)16/h6-9,12,17H,5,10-11H2,1-4H3. The Labute approximate surface area is 121 Å². The van der Waals surface area contributed by atoms with Gasteiger partial charge in [0.1, 0.15) is 0 Å². The summed E-state index contributed by atoms with van der Waals surface area (Å²) in [5.74, 6) is 0.981. The van der Waals surface area contributed by atoms with Gasteiger partial charge in [-0.2, -0.15) is 11.8 Å². The smallest absolute Gasteiger partial charge is 0.0446 e. The fourth-order valence-electron chi connectivity index (χ4n) is 1.45. The van der Waals surface area contributed by atoms with Gasteiger partial charge in [-0.3, -0.25) is 0 Å². The van der Waals surface area contributed by atoms with E-state index in [1.54, 1.807) is 0 Å². The third kappa shape index (κ3) is 5.64. The molecule has 0 aromatic heterocycles. The summed E-state index contributed by atoms with van der Waals surface area (Å²) in [4.78, 5) is 0. The summed E-state index contributed by atoms with van der Waals surface area (Å²) in [6.45, 7) is 10.0. The van der Waals surface area contributed by atoms with Crippen molar-refractivity contribution in [2.45, 2.75) is 50.7 Å². The molecule has 1 aromatic rings. The molecule has 1 atom stereocenters. The molecule has 1 aromatic carbocycles. The van der Waals surface area contributed by atoms with Crippen LogP contribution in [-0.2, 0) is 5.75 Å². The van der Waals surface area contributed by atoms with E-state index in [-0.39, 0.29) is 5.54 Å². The van der Waals surface area contributed by atoms with Gasteiger partial charge in [0.05, 0.1) is 0 Å². The summed E-state index contributed by atoms with van der Waals surface area (Å²) in [7, 11) is 0. The highest BCUT2D eigenvalue weighted by Gasteiger charge is 2.15. The lowest BCUT2D eigenvalue weighted by atomic mass is 10.0. The van der Waals surface area contributed by atoms with Gasteiger partial charge in [-0.25, -0.2) is 0 Å². The van der Waals surface area contributed by atoms with Gasteiger partial charge in [0.15, 0.2) is 0 Å². The topological polar surface area (TPSA) is 12.0 Å². The summed E-state index contributed by atoms with van der Waals surface area (Å²) in [6, 6.07) is 8.09. The van der Waals surface area contributed by atoms with Crippen molar-refractivity contribution in [2.24, 2.45) is 0 Å². The molecular formula is C15H24ClNS. The van der Waals surface area contributed by atoms with Gasteiger partial charge in [-0.15, -0.1) is 0 Å². The van der Waals surface area contributed by atoms with Crippen molar-refractivity contribution in [3.63, 3.8) is 0 Å². The van der Waals surface area contributed by atoms with E-state index in [4.69, 9.17) is 11.6 Å². The molecule has 0 radical (unpaired) electrons. The van der Waals surface area contributed by atoms with E-state index in [9.17, 15) is 0 Å². The summed E-state index contributed by atoms with van der Waals surface area (Å²) in [5.41, 5.74) is 1.46. The Morgan fingerprint density at radius 1 is 1.33 bits per heavy atom. The number of hydrogen-bond acceptors (Lipinski definition) is 2. The molecule has 0 amide bonds. The Morgan fingerprint density at radius 2 is 2.00 bits per heavy atom. The SMILES string of the molecule is CCC(C)(C)NCC(C)SCc1ccccc1Cl. The molecule has 0 aliphatic heterocycles.